The van der Waals surface area contributed by atoms with E-state index in [1.807, 2.05) is 0 Å². The molecule has 3 N–H and O–H groups in total. The molecule has 1 saturated heterocycles. The fraction of sp³-hybridized carbons (Fsp3) is 0.300. The highest BCUT2D eigenvalue weighted by Gasteiger charge is 2.38. The van der Waals surface area contributed by atoms with Crippen molar-refractivity contribution in [2.24, 2.45) is 5.14 Å². The van der Waals surface area contributed by atoms with Crippen LogP contribution in [0.4, 0.5) is 5.82 Å². The Hall–Kier alpha value is -1.27. The molecule has 2 aromatic heterocycles. The number of hydrogen-bond acceptors (Lipinski definition) is 5. The molecule has 1 atom stereocenters. The molecule has 0 saturated carbocycles. The van der Waals surface area contributed by atoms with Gasteiger partial charge in [0.05, 0.1) is 5.39 Å². The number of carbonyl (C=O) groups excluding carboxylic acids is 1. The predicted octanol–water partition coefficient (Wildman–Crippen LogP) is -0.0437. The maximum atomic E-state index is 12.0. The summed E-state index contributed by atoms with van der Waals surface area (Å²) in [6.07, 6.45) is 2.97. The molecule has 1 aliphatic rings. The molecule has 3 rings (SSSR count). The van der Waals surface area contributed by atoms with E-state index in [4.69, 9.17) is 5.14 Å². The van der Waals surface area contributed by atoms with E-state index in [1.165, 1.54) is 11.2 Å². The minimum Gasteiger partial charge on any atom is -0.345 e. The lowest BCUT2D eigenvalue weighted by Crippen LogP contribution is -2.32. The first-order valence-electron chi connectivity index (χ1n) is 5.67. The van der Waals surface area contributed by atoms with Gasteiger partial charge in [-0.15, -0.1) is 0 Å². The molecule has 2 aromatic rings. The molecular weight excluding hydrogens is 397 g/mol. The summed E-state index contributed by atoms with van der Waals surface area (Å²) in [6.45, 7) is 0.0189. The molecule has 0 aromatic carbocycles. The van der Waals surface area contributed by atoms with Gasteiger partial charge >= 0.3 is 0 Å². The standard InChI is InChI=1S/C10H10IN5O3S/c11-6-2-13-9-8(6)10(15-4-14-9)16-3-5(1-7(16)17)20(12,18)19/h2,4-5H,1,3H2,(H2,12,18,19)(H,13,14,15). The summed E-state index contributed by atoms with van der Waals surface area (Å²) in [5.41, 5.74) is 0.603. The van der Waals surface area contributed by atoms with Crippen molar-refractivity contribution >= 4 is 55.4 Å². The molecule has 1 unspecified atom stereocenters. The van der Waals surface area contributed by atoms with Crippen LogP contribution in [0.15, 0.2) is 12.5 Å². The number of hydrogen-bond donors (Lipinski definition) is 2. The van der Waals surface area contributed by atoms with Crippen molar-refractivity contribution in [2.45, 2.75) is 11.7 Å². The van der Waals surface area contributed by atoms with Crippen LogP contribution in [0.25, 0.3) is 11.0 Å². The predicted molar refractivity (Wildman–Crippen MR) is 80.5 cm³/mol. The summed E-state index contributed by atoms with van der Waals surface area (Å²) < 4.78 is 23.7. The van der Waals surface area contributed by atoms with Crippen LogP contribution in [0, 0.1) is 3.57 Å². The van der Waals surface area contributed by atoms with Gasteiger partial charge in [-0.3, -0.25) is 9.69 Å². The minimum atomic E-state index is -3.74. The lowest BCUT2D eigenvalue weighted by molar-refractivity contribution is -0.117. The molecule has 10 heteroatoms. The van der Waals surface area contributed by atoms with Gasteiger partial charge in [0.15, 0.2) is 0 Å². The van der Waals surface area contributed by atoms with Crippen molar-refractivity contribution in [1.82, 2.24) is 15.0 Å². The first-order valence-corrected chi connectivity index (χ1v) is 8.36. The Morgan fingerprint density at radius 3 is 2.85 bits per heavy atom. The molecule has 0 aliphatic carbocycles. The van der Waals surface area contributed by atoms with Crippen LogP contribution < -0.4 is 10.0 Å². The number of primary sulfonamides is 1. The number of anilines is 1. The summed E-state index contributed by atoms with van der Waals surface area (Å²) in [6, 6.07) is 0. The van der Waals surface area contributed by atoms with Crippen LogP contribution in [-0.2, 0) is 14.8 Å². The zero-order valence-electron chi connectivity index (χ0n) is 10.1. The van der Waals surface area contributed by atoms with Crippen LogP contribution in [0.2, 0.25) is 0 Å². The first-order chi connectivity index (χ1) is 9.38. The second-order valence-corrected chi connectivity index (χ2v) is 7.48. The molecule has 1 fully saturated rings. The lowest BCUT2D eigenvalue weighted by Gasteiger charge is -2.16. The summed E-state index contributed by atoms with van der Waals surface area (Å²) in [7, 11) is -3.74. The number of halogens is 1. The quantitative estimate of drug-likeness (QED) is 0.677. The average Bonchev–Trinajstić information content (AvgIpc) is 2.93. The molecule has 106 valence electrons. The van der Waals surface area contributed by atoms with Gasteiger partial charge in [-0.1, -0.05) is 0 Å². The summed E-state index contributed by atoms with van der Waals surface area (Å²) in [5.74, 6) is 0.109. The molecule has 1 aliphatic heterocycles. The van der Waals surface area contributed by atoms with Gasteiger partial charge in [-0.25, -0.2) is 23.5 Å². The number of sulfonamides is 1. The molecule has 0 radical (unpaired) electrons. The van der Waals surface area contributed by atoms with Crippen molar-refractivity contribution in [2.75, 3.05) is 11.4 Å². The second-order valence-electron chi connectivity index (χ2n) is 4.48. The largest absolute Gasteiger partial charge is 0.345 e. The van der Waals surface area contributed by atoms with E-state index in [1.54, 1.807) is 6.20 Å². The van der Waals surface area contributed by atoms with Crippen molar-refractivity contribution in [3.05, 3.63) is 16.1 Å². The van der Waals surface area contributed by atoms with E-state index in [0.717, 1.165) is 3.57 Å². The van der Waals surface area contributed by atoms with Gasteiger partial charge in [-0.2, -0.15) is 0 Å². The Balaban J connectivity index is 2.08. The van der Waals surface area contributed by atoms with Crippen molar-refractivity contribution in [3.8, 4) is 0 Å². The van der Waals surface area contributed by atoms with Crippen LogP contribution in [0.3, 0.4) is 0 Å². The number of aromatic amines is 1. The number of carbonyl (C=O) groups is 1. The zero-order chi connectivity index (χ0) is 14.5. The van der Waals surface area contributed by atoms with Crippen LogP contribution in [-0.4, -0.2) is 41.1 Å². The van der Waals surface area contributed by atoms with Gasteiger partial charge < -0.3 is 4.98 Å². The van der Waals surface area contributed by atoms with Crippen LogP contribution in [0.5, 0.6) is 0 Å². The number of aromatic nitrogens is 3. The third-order valence-corrected chi connectivity index (χ3v) is 5.31. The van der Waals surface area contributed by atoms with Gasteiger partial charge in [-0.05, 0) is 22.6 Å². The smallest absolute Gasteiger partial charge is 0.229 e. The molecule has 1 amide bonds. The summed E-state index contributed by atoms with van der Waals surface area (Å²) >= 11 is 2.10. The van der Waals surface area contributed by atoms with Gasteiger partial charge in [0.25, 0.3) is 0 Å². The SMILES string of the molecule is NS(=O)(=O)C1CC(=O)N(c2ncnc3[nH]cc(I)c23)C1. The molecule has 0 spiro atoms. The fourth-order valence-electron chi connectivity index (χ4n) is 2.21. The van der Waals surface area contributed by atoms with Crippen molar-refractivity contribution in [3.63, 3.8) is 0 Å². The van der Waals surface area contributed by atoms with E-state index >= 15 is 0 Å². The maximum absolute atomic E-state index is 12.0. The van der Waals surface area contributed by atoms with E-state index in [0.29, 0.717) is 16.9 Å². The van der Waals surface area contributed by atoms with Crippen LogP contribution >= 0.6 is 22.6 Å². The Morgan fingerprint density at radius 1 is 1.45 bits per heavy atom. The van der Waals surface area contributed by atoms with E-state index < -0.39 is 15.3 Å². The van der Waals surface area contributed by atoms with Crippen molar-refractivity contribution < 1.29 is 13.2 Å². The molecule has 20 heavy (non-hydrogen) atoms. The fourth-order valence-corrected chi connectivity index (χ4v) is 3.60. The number of rotatable bonds is 2. The molecule has 0 bridgehead atoms. The van der Waals surface area contributed by atoms with Gasteiger partial charge in [0.1, 0.15) is 23.0 Å². The summed E-state index contributed by atoms with van der Waals surface area (Å²) in [5, 5.41) is 4.93. The van der Waals surface area contributed by atoms with Crippen LogP contribution in [0.1, 0.15) is 6.42 Å². The Morgan fingerprint density at radius 2 is 2.20 bits per heavy atom. The number of nitrogens with one attached hydrogen (secondary N) is 1. The van der Waals surface area contributed by atoms with E-state index in [-0.39, 0.29) is 18.9 Å². The number of amides is 1. The summed E-state index contributed by atoms with van der Waals surface area (Å²) in [4.78, 5) is 24.6. The Bertz CT molecular complexity index is 802. The first kappa shape index (κ1) is 13.7. The molecule has 3 heterocycles. The minimum absolute atomic E-state index is 0.0189. The number of H-pyrrole nitrogens is 1. The highest BCUT2D eigenvalue weighted by atomic mass is 127. The topological polar surface area (TPSA) is 122 Å². The van der Waals surface area contributed by atoms with E-state index in [9.17, 15) is 13.2 Å². The third-order valence-electron chi connectivity index (χ3n) is 3.21. The number of nitrogens with zero attached hydrogens (tertiary/aromatic N) is 3. The average molecular weight is 407 g/mol. The van der Waals surface area contributed by atoms with Gasteiger partial charge in [0.2, 0.25) is 15.9 Å². The number of nitrogens with two attached hydrogens (primary N) is 1. The monoisotopic (exact) mass is 407 g/mol. The van der Waals surface area contributed by atoms with Gasteiger partial charge in [0, 0.05) is 22.7 Å². The molecule has 8 nitrogen and oxygen atoms in total. The maximum Gasteiger partial charge on any atom is 0.229 e. The zero-order valence-corrected chi connectivity index (χ0v) is 13.1. The van der Waals surface area contributed by atoms with Crippen molar-refractivity contribution in [1.29, 1.82) is 0 Å². The Kier molecular flexibility index (Phi) is 3.17. The third kappa shape index (κ3) is 2.16. The lowest BCUT2D eigenvalue weighted by atomic mass is 10.3. The Labute approximate surface area is 127 Å². The molecular formula is C10H10IN5O3S. The number of fused-ring (bicyclic) bond motifs is 1. The second kappa shape index (κ2) is 4.63. The van der Waals surface area contributed by atoms with E-state index in [2.05, 4.69) is 37.5 Å². The normalized spacial score (nSPS) is 20.0. The highest BCUT2D eigenvalue weighted by molar-refractivity contribution is 14.1. The highest BCUT2D eigenvalue weighted by Crippen LogP contribution is 2.31.